The van der Waals surface area contributed by atoms with Gasteiger partial charge in [-0.05, 0) is 45.4 Å². The van der Waals surface area contributed by atoms with Gasteiger partial charge in [-0.3, -0.25) is 4.90 Å². The SMILES string of the molecule is CC(C)Oc1ccc(C(O)CN2CCNCC2)cc1OC(C)C. The van der Waals surface area contributed by atoms with Crippen LogP contribution in [0.1, 0.15) is 39.4 Å². The lowest BCUT2D eigenvalue weighted by atomic mass is 10.1. The molecule has 1 atom stereocenters. The van der Waals surface area contributed by atoms with E-state index in [1.165, 1.54) is 0 Å². The molecule has 1 aliphatic rings. The summed E-state index contributed by atoms with van der Waals surface area (Å²) in [5.74, 6) is 1.43. The fraction of sp³-hybridized carbons (Fsp3) is 0.667. The number of nitrogens with one attached hydrogen (secondary N) is 1. The van der Waals surface area contributed by atoms with Gasteiger partial charge in [0.15, 0.2) is 11.5 Å². The van der Waals surface area contributed by atoms with Crippen LogP contribution >= 0.6 is 0 Å². The fourth-order valence-corrected chi connectivity index (χ4v) is 2.67. The van der Waals surface area contributed by atoms with Crippen molar-refractivity contribution in [3.63, 3.8) is 0 Å². The number of nitrogens with zero attached hydrogens (tertiary/aromatic N) is 1. The zero-order valence-electron chi connectivity index (χ0n) is 14.7. The van der Waals surface area contributed by atoms with Gasteiger partial charge in [0.25, 0.3) is 0 Å². The normalized spacial score (nSPS) is 17.5. The molecule has 130 valence electrons. The van der Waals surface area contributed by atoms with Gasteiger partial charge in [-0.15, -0.1) is 0 Å². The maximum Gasteiger partial charge on any atom is 0.161 e. The number of ether oxygens (including phenoxy) is 2. The highest BCUT2D eigenvalue weighted by atomic mass is 16.5. The average Bonchev–Trinajstić information content (AvgIpc) is 2.49. The molecule has 1 aromatic carbocycles. The van der Waals surface area contributed by atoms with Crippen molar-refractivity contribution in [1.82, 2.24) is 10.2 Å². The second kappa shape index (κ2) is 8.52. The Balaban J connectivity index is 2.10. The Hall–Kier alpha value is -1.30. The first-order valence-corrected chi connectivity index (χ1v) is 8.54. The van der Waals surface area contributed by atoms with Crippen LogP contribution in [0, 0.1) is 0 Å². The van der Waals surface area contributed by atoms with Gasteiger partial charge in [-0.25, -0.2) is 0 Å². The van der Waals surface area contributed by atoms with E-state index in [4.69, 9.17) is 9.47 Å². The summed E-state index contributed by atoms with van der Waals surface area (Å²) >= 11 is 0. The Labute approximate surface area is 139 Å². The lowest BCUT2D eigenvalue weighted by molar-refractivity contribution is 0.105. The lowest BCUT2D eigenvalue weighted by Crippen LogP contribution is -2.44. The molecule has 1 heterocycles. The third kappa shape index (κ3) is 5.68. The number of aliphatic hydroxyl groups is 1. The number of hydrogen-bond donors (Lipinski definition) is 2. The van der Waals surface area contributed by atoms with E-state index in [1.807, 2.05) is 45.9 Å². The molecule has 5 nitrogen and oxygen atoms in total. The molecular formula is C18H30N2O3. The van der Waals surface area contributed by atoms with Gasteiger partial charge in [0.1, 0.15) is 0 Å². The van der Waals surface area contributed by atoms with Gasteiger partial charge < -0.3 is 19.9 Å². The molecule has 23 heavy (non-hydrogen) atoms. The largest absolute Gasteiger partial charge is 0.487 e. The molecule has 1 aliphatic heterocycles. The van der Waals surface area contributed by atoms with E-state index >= 15 is 0 Å². The molecule has 0 saturated carbocycles. The maximum atomic E-state index is 10.5. The van der Waals surface area contributed by atoms with Gasteiger partial charge in [-0.1, -0.05) is 6.07 Å². The van der Waals surface area contributed by atoms with E-state index in [9.17, 15) is 5.11 Å². The zero-order valence-corrected chi connectivity index (χ0v) is 14.7. The molecular weight excluding hydrogens is 292 g/mol. The minimum absolute atomic E-state index is 0.0603. The standard InChI is InChI=1S/C18H30N2O3/c1-13(2)22-17-6-5-15(11-18(17)23-14(3)4)16(21)12-20-9-7-19-8-10-20/h5-6,11,13-14,16,19,21H,7-10,12H2,1-4H3. The zero-order chi connectivity index (χ0) is 16.8. The number of aliphatic hydroxyl groups excluding tert-OH is 1. The highest BCUT2D eigenvalue weighted by Crippen LogP contribution is 2.32. The molecule has 0 radical (unpaired) electrons. The van der Waals surface area contributed by atoms with Crippen LogP contribution in [0.15, 0.2) is 18.2 Å². The lowest BCUT2D eigenvalue weighted by Gasteiger charge is -2.29. The number of piperazine rings is 1. The third-order valence-electron chi connectivity index (χ3n) is 3.72. The summed E-state index contributed by atoms with van der Waals surface area (Å²) < 4.78 is 11.7. The van der Waals surface area contributed by atoms with E-state index < -0.39 is 6.10 Å². The van der Waals surface area contributed by atoms with Crippen LogP contribution in [-0.2, 0) is 0 Å². The Morgan fingerprint density at radius 3 is 2.26 bits per heavy atom. The van der Waals surface area contributed by atoms with Crippen LogP contribution in [0.5, 0.6) is 11.5 Å². The molecule has 2 N–H and O–H groups in total. The number of β-amino-alcohol motifs (C(OH)–C–C–N with tert-alkyl or cyclic N) is 1. The fourth-order valence-electron chi connectivity index (χ4n) is 2.67. The number of hydrogen-bond acceptors (Lipinski definition) is 5. The molecule has 0 amide bonds. The maximum absolute atomic E-state index is 10.5. The molecule has 1 fully saturated rings. The highest BCUT2D eigenvalue weighted by molar-refractivity contribution is 5.44. The second-order valence-corrected chi connectivity index (χ2v) is 6.61. The first kappa shape index (κ1) is 18.0. The summed E-state index contributed by atoms with van der Waals surface area (Å²) in [6.07, 6.45) is -0.373. The number of benzene rings is 1. The van der Waals surface area contributed by atoms with Crippen molar-refractivity contribution in [1.29, 1.82) is 0 Å². The third-order valence-corrected chi connectivity index (χ3v) is 3.72. The van der Waals surface area contributed by atoms with Gasteiger partial charge in [-0.2, -0.15) is 0 Å². The van der Waals surface area contributed by atoms with Crippen LogP contribution in [-0.4, -0.2) is 54.9 Å². The molecule has 0 spiro atoms. The van der Waals surface area contributed by atoms with E-state index in [1.54, 1.807) is 0 Å². The topological polar surface area (TPSA) is 54.0 Å². The summed E-state index contributed by atoms with van der Waals surface area (Å²) in [6.45, 7) is 12.5. The Bertz CT molecular complexity index is 485. The summed E-state index contributed by atoms with van der Waals surface area (Å²) in [5.41, 5.74) is 0.871. The first-order valence-electron chi connectivity index (χ1n) is 8.54. The molecule has 5 heteroatoms. The quantitative estimate of drug-likeness (QED) is 0.806. The Morgan fingerprint density at radius 2 is 1.65 bits per heavy atom. The molecule has 1 aromatic rings. The van der Waals surface area contributed by atoms with Crippen LogP contribution < -0.4 is 14.8 Å². The highest BCUT2D eigenvalue weighted by Gasteiger charge is 2.18. The van der Waals surface area contributed by atoms with Gasteiger partial charge in [0.05, 0.1) is 18.3 Å². The summed E-state index contributed by atoms with van der Waals surface area (Å²) in [5, 5.41) is 13.9. The predicted molar refractivity (Wildman–Crippen MR) is 92.2 cm³/mol. The minimum Gasteiger partial charge on any atom is -0.487 e. The van der Waals surface area contributed by atoms with Gasteiger partial charge >= 0.3 is 0 Å². The van der Waals surface area contributed by atoms with Crippen molar-refractivity contribution in [2.24, 2.45) is 0 Å². The van der Waals surface area contributed by atoms with Crippen molar-refractivity contribution in [2.45, 2.75) is 46.0 Å². The van der Waals surface area contributed by atoms with Crippen molar-refractivity contribution in [2.75, 3.05) is 32.7 Å². The first-order chi connectivity index (χ1) is 11.0. The van der Waals surface area contributed by atoms with Gasteiger partial charge in [0, 0.05) is 32.7 Å². The molecule has 1 unspecified atom stereocenters. The van der Waals surface area contributed by atoms with Crippen LogP contribution in [0.2, 0.25) is 0 Å². The van der Waals surface area contributed by atoms with Crippen molar-refractivity contribution in [3.8, 4) is 11.5 Å². The van der Waals surface area contributed by atoms with Crippen molar-refractivity contribution >= 4 is 0 Å². The summed E-state index contributed by atoms with van der Waals surface area (Å²) in [4.78, 5) is 2.28. The second-order valence-electron chi connectivity index (χ2n) is 6.61. The Morgan fingerprint density at radius 1 is 1.04 bits per heavy atom. The summed E-state index contributed by atoms with van der Waals surface area (Å²) in [7, 11) is 0. The van der Waals surface area contributed by atoms with E-state index in [-0.39, 0.29) is 12.2 Å². The molecule has 0 bridgehead atoms. The van der Waals surface area contributed by atoms with Crippen molar-refractivity contribution < 1.29 is 14.6 Å². The molecule has 0 aromatic heterocycles. The van der Waals surface area contributed by atoms with E-state index in [2.05, 4.69) is 10.2 Å². The van der Waals surface area contributed by atoms with Crippen LogP contribution in [0.3, 0.4) is 0 Å². The van der Waals surface area contributed by atoms with E-state index in [0.717, 1.165) is 37.5 Å². The number of rotatable bonds is 7. The smallest absolute Gasteiger partial charge is 0.161 e. The average molecular weight is 322 g/mol. The summed E-state index contributed by atoms with van der Waals surface area (Å²) in [6, 6.07) is 5.73. The molecule has 1 saturated heterocycles. The van der Waals surface area contributed by atoms with E-state index in [0.29, 0.717) is 12.3 Å². The molecule has 0 aliphatic carbocycles. The van der Waals surface area contributed by atoms with Crippen LogP contribution in [0.4, 0.5) is 0 Å². The van der Waals surface area contributed by atoms with Crippen molar-refractivity contribution in [3.05, 3.63) is 23.8 Å². The van der Waals surface area contributed by atoms with Gasteiger partial charge in [0.2, 0.25) is 0 Å². The van der Waals surface area contributed by atoms with Crippen LogP contribution in [0.25, 0.3) is 0 Å². The Kier molecular flexibility index (Phi) is 6.69. The predicted octanol–water partition coefficient (Wildman–Crippen LogP) is 2.20. The monoisotopic (exact) mass is 322 g/mol. The minimum atomic E-state index is -0.518. The molecule has 2 rings (SSSR count).